The number of nitrogens with zero attached hydrogens (tertiary/aromatic N) is 7. The Hall–Kier alpha value is -8.43. The fourth-order valence-electron chi connectivity index (χ4n) is 11.5. The van der Waals surface area contributed by atoms with Crippen molar-refractivity contribution in [2.45, 2.75) is 103 Å². The second kappa shape index (κ2) is 27.5. The predicted molar refractivity (Wildman–Crippen MR) is 326 cm³/mol. The molecule has 0 saturated carbocycles. The van der Waals surface area contributed by atoms with Crippen LogP contribution >= 0.6 is 23.2 Å². The van der Waals surface area contributed by atoms with Gasteiger partial charge in [0.05, 0.1) is 66.6 Å². The van der Waals surface area contributed by atoms with Gasteiger partial charge in [-0.05, 0) is 131 Å². The lowest BCUT2D eigenvalue weighted by atomic mass is 9.96. The maximum absolute atomic E-state index is 14.2. The Morgan fingerprint density at radius 3 is 2.36 bits per heavy atom. The molecule has 2 fully saturated rings. The normalized spacial score (nSPS) is 15.5. The minimum absolute atomic E-state index is 0.00199. The van der Waals surface area contributed by atoms with Gasteiger partial charge in [-0.15, -0.1) is 5.10 Å². The lowest BCUT2D eigenvalue weighted by Crippen LogP contribution is -2.54. The van der Waals surface area contributed by atoms with Crippen molar-refractivity contribution in [2.75, 3.05) is 57.9 Å². The van der Waals surface area contributed by atoms with E-state index in [0.717, 1.165) is 33.4 Å². The Bertz CT molecular complexity index is 3990. The Morgan fingerprint density at radius 1 is 0.854 bits per heavy atom. The molecule has 3 aliphatic heterocycles. The van der Waals surface area contributed by atoms with Gasteiger partial charge in [0, 0.05) is 85.5 Å². The molecule has 0 aliphatic carbocycles. The minimum atomic E-state index is -4.64. The molecule has 2 saturated heterocycles. The van der Waals surface area contributed by atoms with Crippen LogP contribution in [0.15, 0.2) is 70.3 Å². The number of carbonyl (C=O) groups is 7. The first-order valence-electron chi connectivity index (χ1n) is 29.3. The summed E-state index contributed by atoms with van der Waals surface area (Å²) in [7, 11) is -2.82. The number of aromatic nitrogens is 6. The average Bonchev–Trinajstić information content (AvgIpc) is 1.80. The number of carbonyl (C=O) groups excluding carboxylic acids is 7. The van der Waals surface area contributed by atoms with Gasteiger partial charge in [-0.3, -0.25) is 53.1 Å². The molecule has 470 valence electrons. The quantitative estimate of drug-likeness (QED) is 0.0271. The zero-order valence-corrected chi connectivity index (χ0v) is 52.1. The molecule has 28 heteroatoms. The van der Waals surface area contributed by atoms with Crippen LogP contribution in [0, 0.1) is 33.6 Å². The number of H-pyrrole nitrogens is 1. The molecule has 3 aromatic carbocycles. The number of aryl methyl sites for hydroxylation is 6. The topological polar surface area (TPSA) is 313 Å². The number of hydrogen-bond donors (Lipinski definition) is 5. The summed E-state index contributed by atoms with van der Waals surface area (Å²) in [6, 6.07) is 13.4. The maximum atomic E-state index is 14.2. The smallest absolute Gasteiger partial charge is 0.297 e. The van der Waals surface area contributed by atoms with Crippen LogP contribution in [0.4, 0.5) is 5.69 Å². The van der Waals surface area contributed by atoms with Gasteiger partial charge in [0.25, 0.3) is 33.7 Å². The van der Waals surface area contributed by atoms with Crippen LogP contribution in [-0.2, 0) is 60.5 Å². The van der Waals surface area contributed by atoms with Crippen molar-refractivity contribution in [3.63, 3.8) is 0 Å². The van der Waals surface area contributed by atoms with Crippen LogP contribution in [-0.4, -0.2) is 148 Å². The van der Waals surface area contributed by atoms with Crippen LogP contribution < -0.4 is 25.4 Å². The molecule has 1 unspecified atom stereocenters. The molecule has 10 rings (SSSR count). The standard InChI is InChI=1S/C61H68Cl2N12O13S/c1-34-29-40(30-35(2)54(34)63)87-25-8-10-41-42-13-14-44(62)53(51-36(3)69-72(5)37(51)4)55(42)67-56(41)59(80)70-89(83,84)50-18-16-47(88-50)58(79)65-31-38-19-23-73(24-20-38)49(77)12-7-22-74-32-39(68-71-74)33-86-28-27-85-26-21-64-45-11-6-9-43-52(45)61(82)75(60(43)81)46-15-17-48(76)66-57(46)78/h6,9,11,13-14,16,18,29-30,32,38,46,64,67H,7-8,10,12,15,17,19-28,31,33H2,1-5H3,(H,65,79)(H,70,80)(H,66,76,78). The zero-order valence-electron chi connectivity index (χ0n) is 49.8. The van der Waals surface area contributed by atoms with Gasteiger partial charge in [0.2, 0.25) is 22.8 Å². The Labute approximate surface area is 522 Å². The molecule has 4 aromatic heterocycles. The van der Waals surface area contributed by atoms with Gasteiger partial charge in [-0.1, -0.05) is 40.5 Å². The van der Waals surface area contributed by atoms with Crippen molar-refractivity contribution < 1.29 is 60.6 Å². The van der Waals surface area contributed by atoms with E-state index < -0.39 is 56.6 Å². The number of benzene rings is 3. The molecule has 7 heterocycles. The fourth-order valence-corrected chi connectivity index (χ4v) is 12.7. The van der Waals surface area contributed by atoms with E-state index in [2.05, 4.69) is 41.1 Å². The molecule has 0 bridgehead atoms. The number of hydrogen-bond acceptors (Lipinski definition) is 17. The fraction of sp³-hybridized carbons (Fsp3) is 0.410. The third-order valence-electron chi connectivity index (χ3n) is 16.1. The number of rotatable bonds is 26. The molecular formula is C61H68Cl2N12O13S. The highest BCUT2D eigenvalue weighted by Gasteiger charge is 2.45. The molecule has 7 aromatic rings. The van der Waals surface area contributed by atoms with E-state index in [1.54, 1.807) is 44.7 Å². The highest BCUT2D eigenvalue weighted by Crippen LogP contribution is 2.41. The van der Waals surface area contributed by atoms with Crippen molar-refractivity contribution in [1.82, 2.24) is 54.9 Å². The number of sulfonamides is 1. The first kappa shape index (κ1) is 63.6. The molecule has 0 radical (unpaired) electrons. The molecule has 1 atom stereocenters. The summed E-state index contributed by atoms with van der Waals surface area (Å²) < 4.78 is 56.2. The van der Waals surface area contributed by atoms with Crippen LogP contribution in [0.2, 0.25) is 10.0 Å². The van der Waals surface area contributed by atoms with Gasteiger partial charge >= 0.3 is 0 Å². The van der Waals surface area contributed by atoms with Crippen LogP contribution in [0.5, 0.6) is 5.75 Å². The summed E-state index contributed by atoms with van der Waals surface area (Å²) in [6.07, 6.45) is 4.74. The van der Waals surface area contributed by atoms with E-state index in [9.17, 15) is 42.0 Å². The number of anilines is 1. The SMILES string of the molecule is Cc1cc(OCCCc2c(C(=O)NS(=O)(=O)c3ccc(C(=O)NCC4CCN(C(=O)CCCn5cc(COCCOCCNc6cccc7c6C(=O)N(C6CCC(=O)NC6=O)C7=O)nn5)CC4)o3)[nH]c3c(-c4c(C)nn(C)c4C)c(Cl)ccc23)cc(C)c1Cl. The number of likely N-dealkylation sites (tertiary alicyclic amines) is 1. The van der Waals surface area contributed by atoms with Crippen molar-refractivity contribution in [3.05, 3.63) is 127 Å². The summed E-state index contributed by atoms with van der Waals surface area (Å²) in [5.74, 6) is -3.44. The highest BCUT2D eigenvalue weighted by molar-refractivity contribution is 7.90. The number of imide groups is 2. The summed E-state index contributed by atoms with van der Waals surface area (Å²) in [6.45, 7) is 10.9. The molecule has 25 nitrogen and oxygen atoms in total. The van der Waals surface area contributed by atoms with E-state index in [1.807, 2.05) is 46.9 Å². The number of aromatic amines is 1. The van der Waals surface area contributed by atoms with Gasteiger partial charge < -0.3 is 39.1 Å². The third kappa shape index (κ3) is 14.2. The number of fused-ring (bicyclic) bond motifs is 2. The van der Waals surface area contributed by atoms with E-state index in [0.29, 0.717) is 120 Å². The lowest BCUT2D eigenvalue weighted by Gasteiger charge is -2.32. The van der Waals surface area contributed by atoms with Crippen molar-refractivity contribution in [3.8, 4) is 16.9 Å². The number of nitrogens with one attached hydrogen (secondary N) is 5. The first-order valence-corrected chi connectivity index (χ1v) is 31.5. The Kier molecular flexibility index (Phi) is 19.7. The number of halogens is 2. The van der Waals surface area contributed by atoms with E-state index in [4.69, 9.17) is 41.8 Å². The van der Waals surface area contributed by atoms with Gasteiger partial charge in [-0.25, -0.2) is 4.72 Å². The third-order valence-corrected chi connectivity index (χ3v) is 18.2. The summed E-state index contributed by atoms with van der Waals surface area (Å²) in [5, 5.41) is 22.1. The van der Waals surface area contributed by atoms with Gasteiger partial charge in [-0.2, -0.15) is 13.5 Å². The van der Waals surface area contributed by atoms with E-state index in [1.165, 1.54) is 12.1 Å². The van der Waals surface area contributed by atoms with Crippen molar-refractivity contribution in [1.29, 1.82) is 0 Å². The highest BCUT2D eigenvalue weighted by atomic mass is 35.5. The molecule has 0 spiro atoms. The molecule has 7 amide bonds. The molecule has 89 heavy (non-hydrogen) atoms. The number of ether oxygens (including phenoxy) is 3. The first-order chi connectivity index (χ1) is 42.7. The number of piperidine rings is 2. The second-order valence-electron chi connectivity index (χ2n) is 22.2. The monoisotopic (exact) mass is 1280 g/mol. The molecule has 5 N–H and O–H groups in total. The molecular weight excluding hydrogens is 1210 g/mol. The average molecular weight is 1280 g/mol. The molecule has 3 aliphatic rings. The number of amides is 7. The Morgan fingerprint density at radius 2 is 1.62 bits per heavy atom. The van der Waals surface area contributed by atoms with E-state index in [-0.39, 0.29) is 86.8 Å². The van der Waals surface area contributed by atoms with Crippen LogP contribution in [0.3, 0.4) is 0 Å². The Balaban J connectivity index is 0.633. The predicted octanol–water partition coefficient (Wildman–Crippen LogP) is 6.92. The maximum Gasteiger partial charge on any atom is 0.297 e. The van der Waals surface area contributed by atoms with Crippen LogP contribution in [0.1, 0.15) is 120 Å². The van der Waals surface area contributed by atoms with E-state index >= 15 is 0 Å². The van der Waals surface area contributed by atoms with Gasteiger partial charge in [0.15, 0.2) is 5.76 Å². The minimum Gasteiger partial charge on any atom is -0.494 e. The zero-order chi connectivity index (χ0) is 63.3. The summed E-state index contributed by atoms with van der Waals surface area (Å²) in [5.41, 5.74) is 7.15. The van der Waals surface area contributed by atoms with Gasteiger partial charge in [0.1, 0.15) is 23.2 Å². The second-order valence-corrected chi connectivity index (χ2v) is 24.6. The lowest BCUT2D eigenvalue weighted by molar-refractivity contribution is -0.136. The largest absolute Gasteiger partial charge is 0.494 e. The van der Waals surface area contributed by atoms with Crippen LogP contribution in [0.25, 0.3) is 22.0 Å². The van der Waals surface area contributed by atoms with Crippen molar-refractivity contribution in [2.24, 2.45) is 13.0 Å². The van der Waals surface area contributed by atoms with Crippen molar-refractivity contribution >= 4 is 91.2 Å². The number of furan rings is 1. The summed E-state index contributed by atoms with van der Waals surface area (Å²) in [4.78, 5) is 97.1. The summed E-state index contributed by atoms with van der Waals surface area (Å²) >= 11 is 13.3.